The number of aromatic nitrogens is 3. The zero-order chi connectivity index (χ0) is 23.0. The molecule has 11 heteroatoms. The molecule has 0 bridgehead atoms. The van der Waals surface area contributed by atoms with Gasteiger partial charge in [-0.2, -0.15) is 13.2 Å². The molecule has 1 amide bonds. The van der Waals surface area contributed by atoms with Gasteiger partial charge in [-0.15, -0.1) is 10.2 Å². The van der Waals surface area contributed by atoms with Crippen LogP contribution in [0.15, 0.2) is 40.8 Å². The number of nitrogens with zero attached hydrogens (tertiary/aromatic N) is 4. The molecule has 1 unspecified atom stereocenters. The first kappa shape index (κ1) is 21.6. The van der Waals surface area contributed by atoms with Gasteiger partial charge < -0.3 is 18.6 Å². The van der Waals surface area contributed by atoms with Gasteiger partial charge in [-0.25, -0.2) is 0 Å². The molecule has 1 aliphatic rings. The summed E-state index contributed by atoms with van der Waals surface area (Å²) in [5, 5.41) is 6.89. The average Bonchev–Trinajstić information content (AvgIpc) is 3.40. The van der Waals surface area contributed by atoms with Crippen molar-refractivity contribution in [1.82, 2.24) is 19.7 Å². The van der Waals surface area contributed by atoms with E-state index in [-0.39, 0.29) is 37.1 Å². The molecule has 0 N–H and O–H groups in total. The molecule has 32 heavy (non-hydrogen) atoms. The largest absolute Gasteiger partial charge is 0.486 e. The van der Waals surface area contributed by atoms with E-state index in [2.05, 4.69) is 10.2 Å². The Morgan fingerprint density at radius 1 is 1.12 bits per heavy atom. The Bertz CT molecular complexity index is 1150. The van der Waals surface area contributed by atoms with Crippen molar-refractivity contribution in [3.63, 3.8) is 0 Å². The Labute approximate surface area is 180 Å². The number of ether oxygens (including phenoxy) is 1. The predicted octanol–water partition coefficient (Wildman–Crippen LogP) is 3.89. The molecule has 0 saturated carbocycles. The zero-order valence-electron chi connectivity index (χ0n) is 17.2. The van der Waals surface area contributed by atoms with Crippen molar-refractivity contribution >= 4 is 11.7 Å². The molecule has 0 fully saturated rings. The highest BCUT2D eigenvalue weighted by atomic mass is 19.4. The first-order valence-corrected chi connectivity index (χ1v) is 9.79. The van der Waals surface area contributed by atoms with Gasteiger partial charge in [0.05, 0.1) is 6.04 Å². The van der Waals surface area contributed by atoms with E-state index < -0.39 is 23.9 Å². The Kier molecular flexibility index (Phi) is 5.49. The standard InChI is InChI=1S/C21H19F3N4O4/c1-12-18-25-26-20(21(22,23)24)28(18)10-9-27(12)19(30)17-8-7-16(32-17)11-31-15-5-3-14(4-6-15)13(2)29/h3-8,12H,9-11H2,1-2H3. The maximum atomic E-state index is 13.1. The van der Waals surface area contributed by atoms with Gasteiger partial charge in [-0.1, -0.05) is 0 Å². The topological polar surface area (TPSA) is 90.5 Å². The number of rotatable bonds is 5. The molecule has 1 aromatic carbocycles. The second-order valence-electron chi connectivity index (χ2n) is 7.34. The minimum atomic E-state index is -4.61. The first-order valence-electron chi connectivity index (χ1n) is 9.79. The summed E-state index contributed by atoms with van der Waals surface area (Å²) in [5.41, 5.74) is 0.567. The Morgan fingerprint density at radius 2 is 1.84 bits per heavy atom. The van der Waals surface area contributed by atoms with Gasteiger partial charge in [0.15, 0.2) is 17.4 Å². The van der Waals surface area contributed by atoms with Crippen LogP contribution in [0.2, 0.25) is 0 Å². The normalized spacial score (nSPS) is 16.0. The Balaban J connectivity index is 1.42. The molecule has 1 aliphatic heterocycles. The number of benzene rings is 1. The summed E-state index contributed by atoms with van der Waals surface area (Å²) in [6, 6.07) is 9.00. The van der Waals surface area contributed by atoms with Gasteiger partial charge in [0.2, 0.25) is 5.82 Å². The lowest BCUT2D eigenvalue weighted by Crippen LogP contribution is -2.41. The summed E-state index contributed by atoms with van der Waals surface area (Å²) in [5.74, 6) is -0.532. The van der Waals surface area contributed by atoms with Gasteiger partial charge in [0.1, 0.15) is 18.1 Å². The van der Waals surface area contributed by atoms with Crippen LogP contribution in [-0.4, -0.2) is 37.9 Å². The Morgan fingerprint density at radius 3 is 2.50 bits per heavy atom. The van der Waals surface area contributed by atoms with Gasteiger partial charge in [-0.3, -0.25) is 9.59 Å². The third-order valence-electron chi connectivity index (χ3n) is 5.21. The van der Waals surface area contributed by atoms with Crippen LogP contribution in [-0.2, 0) is 19.3 Å². The van der Waals surface area contributed by atoms with Gasteiger partial charge in [0, 0.05) is 18.7 Å². The second-order valence-corrected chi connectivity index (χ2v) is 7.34. The highest BCUT2D eigenvalue weighted by Gasteiger charge is 2.42. The fourth-order valence-corrected chi connectivity index (χ4v) is 3.52. The second kappa shape index (κ2) is 8.13. The van der Waals surface area contributed by atoms with E-state index >= 15 is 0 Å². The van der Waals surface area contributed by atoms with Crippen LogP contribution in [0.25, 0.3) is 0 Å². The van der Waals surface area contributed by atoms with Crippen LogP contribution in [0.1, 0.15) is 58.2 Å². The van der Waals surface area contributed by atoms with Gasteiger partial charge in [-0.05, 0) is 50.2 Å². The number of hydrogen-bond acceptors (Lipinski definition) is 6. The minimum absolute atomic E-state index is 0.0476. The van der Waals surface area contributed by atoms with E-state index in [1.165, 1.54) is 17.9 Å². The molecule has 168 valence electrons. The van der Waals surface area contributed by atoms with Crippen molar-refractivity contribution in [3.8, 4) is 5.75 Å². The minimum Gasteiger partial charge on any atom is -0.486 e. The third-order valence-corrected chi connectivity index (χ3v) is 5.21. The fraction of sp³-hybridized carbons (Fsp3) is 0.333. The summed E-state index contributed by atoms with van der Waals surface area (Å²) < 4.78 is 51.4. The van der Waals surface area contributed by atoms with E-state index in [1.54, 1.807) is 37.3 Å². The third kappa shape index (κ3) is 4.10. The highest BCUT2D eigenvalue weighted by Crippen LogP contribution is 2.33. The number of fused-ring (bicyclic) bond motifs is 1. The van der Waals surface area contributed by atoms with Crippen molar-refractivity contribution in [2.45, 2.75) is 39.2 Å². The van der Waals surface area contributed by atoms with E-state index in [0.29, 0.717) is 17.1 Å². The summed E-state index contributed by atoms with van der Waals surface area (Å²) in [6.07, 6.45) is -4.61. The summed E-state index contributed by atoms with van der Waals surface area (Å²) in [7, 11) is 0. The molecule has 0 radical (unpaired) electrons. The van der Waals surface area contributed by atoms with Gasteiger partial charge >= 0.3 is 6.18 Å². The molecule has 0 spiro atoms. The molecule has 0 aliphatic carbocycles. The molecule has 2 aromatic heterocycles. The quantitative estimate of drug-likeness (QED) is 0.550. The number of halogens is 3. The lowest BCUT2D eigenvalue weighted by molar-refractivity contribution is -0.148. The number of hydrogen-bond donors (Lipinski definition) is 0. The van der Waals surface area contributed by atoms with Crippen LogP contribution in [0.3, 0.4) is 0 Å². The number of carbonyl (C=O) groups is 2. The van der Waals surface area contributed by atoms with Crippen LogP contribution < -0.4 is 4.74 Å². The van der Waals surface area contributed by atoms with Crippen molar-refractivity contribution < 1.29 is 31.9 Å². The number of ketones is 1. The molecule has 3 heterocycles. The van der Waals surface area contributed by atoms with Crippen LogP contribution in [0.4, 0.5) is 13.2 Å². The van der Waals surface area contributed by atoms with E-state index in [9.17, 15) is 22.8 Å². The van der Waals surface area contributed by atoms with Crippen molar-refractivity contribution in [2.75, 3.05) is 6.54 Å². The molecule has 1 atom stereocenters. The maximum absolute atomic E-state index is 13.1. The predicted molar refractivity (Wildman–Crippen MR) is 104 cm³/mol. The van der Waals surface area contributed by atoms with E-state index in [0.717, 1.165) is 4.57 Å². The number of Topliss-reactive ketones (excluding diaryl/α,β-unsaturated/α-hetero) is 1. The van der Waals surface area contributed by atoms with Crippen molar-refractivity contribution in [3.05, 3.63) is 65.1 Å². The lowest BCUT2D eigenvalue weighted by atomic mass is 10.1. The summed E-state index contributed by atoms with van der Waals surface area (Å²) >= 11 is 0. The van der Waals surface area contributed by atoms with Crippen LogP contribution in [0, 0.1) is 0 Å². The first-order chi connectivity index (χ1) is 15.1. The van der Waals surface area contributed by atoms with Gasteiger partial charge in [0.25, 0.3) is 5.91 Å². The monoisotopic (exact) mass is 448 g/mol. The molecular formula is C21H19F3N4O4. The van der Waals surface area contributed by atoms with Crippen molar-refractivity contribution in [1.29, 1.82) is 0 Å². The smallest absolute Gasteiger partial charge is 0.451 e. The zero-order valence-corrected chi connectivity index (χ0v) is 17.2. The molecular weight excluding hydrogens is 429 g/mol. The SMILES string of the molecule is CC(=O)c1ccc(OCc2ccc(C(=O)N3CCn4c(nnc4C(F)(F)F)C3C)o2)cc1. The number of carbonyl (C=O) groups excluding carboxylic acids is 2. The molecule has 4 rings (SSSR count). The number of furan rings is 1. The maximum Gasteiger partial charge on any atom is 0.451 e. The Hall–Kier alpha value is -3.63. The summed E-state index contributed by atoms with van der Waals surface area (Å²) in [6.45, 7) is 3.11. The average molecular weight is 448 g/mol. The lowest BCUT2D eigenvalue weighted by Gasteiger charge is -2.33. The highest BCUT2D eigenvalue weighted by molar-refractivity contribution is 5.94. The van der Waals surface area contributed by atoms with Crippen LogP contribution >= 0.6 is 0 Å². The molecule has 3 aromatic rings. The van der Waals surface area contributed by atoms with Crippen LogP contribution in [0.5, 0.6) is 5.75 Å². The van der Waals surface area contributed by atoms with Crippen molar-refractivity contribution in [2.24, 2.45) is 0 Å². The van der Waals surface area contributed by atoms with E-state index in [1.807, 2.05) is 0 Å². The number of alkyl halides is 3. The molecule has 0 saturated heterocycles. The molecule has 8 nitrogen and oxygen atoms in total. The number of amides is 1. The van der Waals surface area contributed by atoms with E-state index in [4.69, 9.17) is 9.15 Å². The fourth-order valence-electron chi connectivity index (χ4n) is 3.52. The summed E-state index contributed by atoms with van der Waals surface area (Å²) in [4.78, 5) is 25.6.